The Morgan fingerprint density at radius 1 is 0.311 bits per heavy atom. The smallest absolute Gasteiger partial charge is 0.137 e. The Balaban J connectivity index is 1.16. The van der Waals surface area contributed by atoms with Crippen molar-refractivity contribution in [3.63, 3.8) is 0 Å². The van der Waals surface area contributed by atoms with Crippen molar-refractivity contribution in [3.05, 3.63) is 247 Å². The van der Waals surface area contributed by atoms with E-state index in [1.54, 1.807) is 0 Å². The van der Waals surface area contributed by atoms with Gasteiger partial charge in [0.15, 0.2) is 0 Å². The van der Waals surface area contributed by atoms with Crippen molar-refractivity contribution in [2.75, 3.05) is 4.90 Å². The molecule has 11 aromatic rings. The van der Waals surface area contributed by atoms with Gasteiger partial charge in [0.25, 0.3) is 0 Å². The van der Waals surface area contributed by atoms with Crippen molar-refractivity contribution < 1.29 is 4.42 Å². The quantitative estimate of drug-likeness (QED) is 0.177. The lowest BCUT2D eigenvalue weighted by Gasteiger charge is -2.37. The molecule has 1 unspecified atom stereocenters. The van der Waals surface area contributed by atoms with E-state index in [4.69, 9.17) is 4.42 Å². The zero-order valence-electron chi connectivity index (χ0n) is 33.2. The summed E-state index contributed by atoms with van der Waals surface area (Å²) in [7, 11) is 0. The van der Waals surface area contributed by atoms with E-state index in [1.165, 1.54) is 66.4 Å². The molecule has 1 spiro atoms. The Hall–Kier alpha value is -7.94. The molecule has 13 rings (SSSR count). The Kier molecular flexibility index (Phi) is 7.26. The highest BCUT2D eigenvalue weighted by Gasteiger charge is 2.50. The zero-order valence-corrected chi connectivity index (χ0v) is 33.2. The molecule has 0 saturated carbocycles. The first kappa shape index (κ1) is 34.0. The third-order valence-electron chi connectivity index (χ3n) is 13.3. The first-order valence-corrected chi connectivity index (χ1v) is 21.1. The standard InChI is InChI=1S/C59H37NO/c1-2-16-38(17-3-1)43-20-10-14-28-56(43)60(42-31-33-50-49-25-11-15-29-57(49)61-58(50)37-42)41-30-32-48-45-22-7-6-21-44(45)46-23-8-12-26-52(46)59(55(48)36-41)53-27-13-9-24-47(53)51-34-39-18-4-5-19-40(39)35-54(51)59/h1-37H. The molecule has 1 atom stereocenters. The van der Waals surface area contributed by atoms with E-state index in [-0.39, 0.29) is 0 Å². The minimum Gasteiger partial charge on any atom is -0.456 e. The summed E-state index contributed by atoms with van der Waals surface area (Å²) in [6, 6.07) is 82.7. The van der Waals surface area contributed by atoms with Crippen molar-refractivity contribution in [3.8, 4) is 44.5 Å². The van der Waals surface area contributed by atoms with Crippen molar-refractivity contribution in [2.45, 2.75) is 5.41 Å². The minimum absolute atomic E-state index is 0.635. The van der Waals surface area contributed by atoms with Gasteiger partial charge in [-0.05, 0) is 121 Å². The van der Waals surface area contributed by atoms with Crippen LogP contribution in [0.5, 0.6) is 0 Å². The highest BCUT2D eigenvalue weighted by atomic mass is 16.3. The fraction of sp³-hybridized carbons (Fsp3) is 0.0169. The molecule has 0 N–H and O–H groups in total. The molecule has 10 aromatic carbocycles. The molecule has 0 aliphatic heterocycles. The van der Waals surface area contributed by atoms with Crippen LogP contribution < -0.4 is 4.90 Å². The third-order valence-corrected chi connectivity index (χ3v) is 13.3. The van der Waals surface area contributed by atoms with Crippen LogP contribution in [0.15, 0.2) is 229 Å². The monoisotopic (exact) mass is 775 g/mol. The first-order chi connectivity index (χ1) is 30.3. The summed E-state index contributed by atoms with van der Waals surface area (Å²) < 4.78 is 6.58. The van der Waals surface area contributed by atoms with Crippen LogP contribution in [-0.4, -0.2) is 0 Å². The molecule has 0 saturated heterocycles. The van der Waals surface area contributed by atoms with Gasteiger partial charge in [0.05, 0.1) is 11.1 Å². The summed E-state index contributed by atoms with van der Waals surface area (Å²) in [5, 5.41) is 4.71. The van der Waals surface area contributed by atoms with Gasteiger partial charge in [0.2, 0.25) is 0 Å². The Bertz CT molecular complexity index is 3560. The van der Waals surface area contributed by atoms with Crippen molar-refractivity contribution in [2.24, 2.45) is 0 Å². The van der Waals surface area contributed by atoms with Crippen LogP contribution in [0.3, 0.4) is 0 Å². The molecule has 2 aliphatic carbocycles. The maximum absolute atomic E-state index is 6.58. The highest BCUT2D eigenvalue weighted by molar-refractivity contribution is 6.07. The van der Waals surface area contributed by atoms with Crippen LogP contribution in [0, 0.1) is 0 Å². The lowest BCUT2D eigenvalue weighted by Crippen LogP contribution is -2.29. The minimum atomic E-state index is -0.635. The van der Waals surface area contributed by atoms with Crippen molar-refractivity contribution in [1.29, 1.82) is 0 Å². The second-order valence-corrected chi connectivity index (χ2v) is 16.4. The molecule has 0 radical (unpaired) electrons. The normalized spacial score (nSPS) is 14.6. The van der Waals surface area contributed by atoms with Crippen molar-refractivity contribution >= 4 is 49.8 Å². The summed E-state index contributed by atoms with van der Waals surface area (Å²) >= 11 is 0. The fourth-order valence-corrected chi connectivity index (χ4v) is 10.7. The average Bonchev–Trinajstić information content (AvgIpc) is 3.81. The lowest BCUT2D eigenvalue weighted by atomic mass is 9.65. The van der Waals surface area contributed by atoms with Gasteiger partial charge in [-0.1, -0.05) is 170 Å². The summed E-state index contributed by atoms with van der Waals surface area (Å²) in [5.74, 6) is 0. The molecule has 1 heterocycles. The molecular formula is C59H37NO. The largest absolute Gasteiger partial charge is 0.456 e. The number of benzene rings is 10. The van der Waals surface area contributed by atoms with Gasteiger partial charge in [-0.2, -0.15) is 0 Å². The van der Waals surface area contributed by atoms with E-state index < -0.39 is 5.41 Å². The second kappa shape index (κ2) is 13.0. The summed E-state index contributed by atoms with van der Waals surface area (Å²) in [4.78, 5) is 2.44. The van der Waals surface area contributed by atoms with Gasteiger partial charge >= 0.3 is 0 Å². The van der Waals surface area contributed by atoms with Crippen LogP contribution in [0.2, 0.25) is 0 Å². The van der Waals surface area contributed by atoms with Gasteiger partial charge in [0, 0.05) is 33.8 Å². The number of hydrogen-bond acceptors (Lipinski definition) is 2. The summed E-state index contributed by atoms with van der Waals surface area (Å²) in [6.07, 6.45) is 0. The number of fused-ring (bicyclic) bond motifs is 16. The van der Waals surface area contributed by atoms with E-state index >= 15 is 0 Å². The summed E-state index contributed by atoms with van der Waals surface area (Å²) in [6.45, 7) is 0. The highest BCUT2D eigenvalue weighted by Crippen LogP contribution is 2.62. The molecule has 0 fully saturated rings. The fourth-order valence-electron chi connectivity index (χ4n) is 10.7. The van der Waals surface area contributed by atoms with Crippen LogP contribution in [0.4, 0.5) is 17.1 Å². The Morgan fingerprint density at radius 3 is 1.61 bits per heavy atom. The molecule has 0 amide bonds. The second-order valence-electron chi connectivity index (χ2n) is 16.4. The number of hydrogen-bond donors (Lipinski definition) is 0. The predicted octanol–water partition coefficient (Wildman–Crippen LogP) is 15.9. The number of para-hydroxylation sites is 2. The average molecular weight is 776 g/mol. The Morgan fingerprint density at radius 2 is 0.836 bits per heavy atom. The third kappa shape index (κ3) is 4.85. The van der Waals surface area contributed by atoms with Crippen LogP contribution in [0.1, 0.15) is 22.3 Å². The van der Waals surface area contributed by atoms with Gasteiger partial charge in [0.1, 0.15) is 11.2 Å². The molecule has 1 aromatic heterocycles. The van der Waals surface area contributed by atoms with E-state index in [9.17, 15) is 0 Å². The molecular weight excluding hydrogens is 739 g/mol. The maximum Gasteiger partial charge on any atom is 0.137 e. The number of anilines is 3. The van der Waals surface area contributed by atoms with Gasteiger partial charge < -0.3 is 9.32 Å². The van der Waals surface area contributed by atoms with Crippen molar-refractivity contribution in [1.82, 2.24) is 0 Å². The van der Waals surface area contributed by atoms with E-state index in [2.05, 4.69) is 223 Å². The van der Waals surface area contributed by atoms with Gasteiger partial charge in [-0.25, -0.2) is 0 Å². The maximum atomic E-state index is 6.58. The lowest BCUT2D eigenvalue weighted by molar-refractivity contribution is 0.669. The SMILES string of the molecule is c1ccc(-c2ccccc2N(c2ccc3c(c2)C2(c4ccccc4-c4ccccc4-3)c3ccccc3-c3cc4ccccc4cc32)c2ccc3c(c2)oc2ccccc23)cc1. The summed E-state index contributed by atoms with van der Waals surface area (Å²) in [5.41, 5.74) is 19.3. The number of furan rings is 1. The molecule has 2 nitrogen and oxygen atoms in total. The molecule has 2 aliphatic rings. The molecule has 2 heteroatoms. The van der Waals surface area contributed by atoms with E-state index in [1.807, 2.05) is 6.07 Å². The molecule has 284 valence electrons. The number of nitrogens with zero attached hydrogens (tertiary/aromatic N) is 1. The number of rotatable bonds is 4. The van der Waals surface area contributed by atoms with Gasteiger partial charge in [-0.3, -0.25) is 0 Å². The van der Waals surface area contributed by atoms with E-state index in [0.29, 0.717) is 0 Å². The predicted molar refractivity (Wildman–Crippen MR) is 253 cm³/mol. The van der Waals surface area contributed by atoms with Crippen LogP contribution in [-0.2, 0) is 5.41 Å². The first-order valence-electron chi connectivity index (χ1n) is 21.1. The Labute approximate surface area is 354 Å². The van der Waals surface area contributed by atoms with Crippen LogP contribution >= 0.6 is 0 Å². The molecule has 0 bridgehead atoms. The molecule has 61 heavy (non-hydrogen) atoms. The topological polar surface area (TPSA) is 16.4 Å². The van der Waals surface area contributed by atoms with Crippen LogP contribution in [0.25, 0.3) is 77.2 Å². The van der Waals surface area contributed by atoms with Gasteiger partial charge in [-0.15, -0.1) is 0 Å². The zero-order chi connectivity index (χ0) is 40.1. The van der Waals surface area contributed by atoms with E-state index in [0.717, 1.165) is 50.1 Å².